The smallest absolute Gasteiger partial charge is 0.330 e. The normalized spacial score (nSPS) is 15.2. The fourth-order valence-electron chi connectivity index (χ4n) is 2.50. The summed E-state index contributed by atoms with van der Waals surface area (Å²) in [7, 11) is 3.06. The molecule has 2 rings (SSSR count). The Balaban J connectivity index is 1.93. The molecule has 0 unspecified atom stereocenters. The molecule has 7 nitrogen and oxygen atoms in total. The second kappa shape index (κ2) is 6.71. The standard InChI is InChI=1S/C14H22N4O3/c1-16-11(8-12(19)17(2)14(16)21)9-15-10-13(20)18-6-4-3-5-7-18/h8,15H,3-7,9-10H2,1-2H3. The number of carbonyl (C=O) groups excluding carboxylic acids is 1. The maximum atomic E-state index is 12.0. The van der Waals surface area contributed by atoms with Crippen molar-refractivity contribution in [3.05, 3.63) is 32.6 Å². The van der Waals surface area contributed by atoms with Crippen molar-refractivity contribution >= 4 is 5.91 Å². The van der Waals surface area contributed by atoms with Gasteiger partial charge in [-0.15, -0.1) is 0 Å². The molecule has 1 aromatic heterocycles. The molecule has 21 heavy (non-hydrogen) atoms. The van der Waals surface area contributed by atoms with Crippen molar-refractivity contribution in [1.29, 1.82) is 0 Å². The summed E-state index contributed by atoms with van der Waals surface area (Å²) in [5, 5.41) is 3.01. The van der Waals surface area contributed by atoms with Crippen LogP contribution in [-0.2, 0) is 25.4 Å². The molecule has 116 valence electrons. The second-order valence-electron chi connectivity index (χ2n) is 5.42. The lowest BCUT2D eigenvalue weighted by Crippen LogP contribution is -2.42. The highest BCUT2D eigenvalue weighted by molar-refractivity contribution is 5.78. The van der Waals surface area contributed by atoms with Crippen molar-refractivity contribution in [2.45, 2.75) is 25.8 Å². The summed E-state index contributed by atoms with van der Waals surface area (Å²) in [5.74, 6) is 0.0727. The van der Waals surface area contributed by atoms with E-state index in [-0.39, 0.29) is 23.7 Å². The van der Waals surface area contributed by atoms with Gasteiger partial charge in [0.15, 0.2) is 0 Å². The first-order valence-corrected chi connectivity index (χ1v) is 7.25. The Morgan fingerprint density at radius 1 is 1.14 bits per heavy atom. The van der Waals surface area contributed by atoms with E-state index >= 15 is 0 Å². The first kappa shape index (κ1) is 15.5. The number of hydrogen-bond donors (Lipinski definition) is 1. The fraction of sp³-hybridized carbons (Fsp3) is 0.643. The average Bonchev–Trinajstić information content (AvgIpc) is 2.51. The third-order valence-corrected chi connectivity index (χ3v) is 3.92. The third-order valence-electron chi connectivity index (χ3n) is 3.92. The van der Waals surface area contributed by atoms with Crippen molar-refractivity contribution in [1.82, 2.24) is 19.4 Å². The van der Waals surface area contributed by atoms with Crippen molar-refractivity contribution in [3.8, 4) is 0 Å². The predicted molar refractivity (Wildman–Crippen MR) is 79.1 cm³/mol. The zero-order valence-corrected chi connectivity index (χ0v) is 12.6. The minimum Gasteiger partial charge on any atom is -0.342 e. The molecule has 0 atom stereocenters. The van der Waals surface area contributed by atoms with Gasteiger partial charge in [-0.25, -0.2) is 4.79 Å². The van der Waals surface area contributed by atoms with Gasteiger partial charge in [0.2, 0.25) is 5.91 Å². The van der Waals surface area contributed by atoms with Crippen molar-refractivity contribution < 1.29 is 4.79 Å². The molecule has 0 bridgehead atoms. The molecule has 1 saturated heterocycles. The molecule has 7 heteroatoms. The molecule has 0 aromatic carbocycles. The van der Waals surface area contributed by atoms with Gasteiger partial charge >= 0.3 is 5.69 Å². The minimum absolute atomic E-state index is 0.0727. The van der Waals surface area contributed by atoms with E-state index < -0.39 is 0 Å². The topological polar surface area (TPSA) is 76.3 Å². The number of aromatic nitrogens is 2. The monoisotopic (exact) mass is 294 g/mol. The quantitative estimate of drug-likeness (QED) is 0.788. The van der Waals surface area contributed by atoms with Crippen molar-refractivity contribution in [2.75, 3.05) is 19.6 Å². The lowest BCUT2D eigenvalue weighted by molar-refractivity contribution is -0.131. The van der Waals surface area contributed by atoms with Crippen LogP contribution in [0.3, 0.4) is 0 Å². The number of likely N-dealkylation sites (tertiary alicyclic amines) is 1. The highest BCUT2D eigenvalue weighted by Gasteiger charge is 2.16. The van der Waals surface area contributed by atoms with Crippen molar-refractivity contribution in [3.63, 3.8) is 0 Å². The summed E-state index contributed by atoms with van der Waals surface area (Å²) in [6.45, 7) is 2.19. The highest BCUT2D eigenvalue weighted by Crippen LogP contribution is 2.08. The van der Waals surface area contributed by atoms with Crippen LogP contribution in [0.25, 0.3) is 0 Å². The van der Waals surface area contributed by atoms with Crippen molar-refractivity contribution in [2.24, 2.45) is 14.1 Å². The van der Waals surface area contributed by atoms with Gasteiger partial charge in [-0.1, -0.05) is 0 Å². The predicted octanol–water partition coefficient (Wildman–Crippen LogP) is -0.814. The molecule has 1 amide bonds. The summed E-state index contributed by atoms with van der Waals surface area (Å²) >= 11 is 0. The molecule has 0 saturated carbocycles. The fourth-order valence-corrected chi connectivity index (χ4v) is 2.50. The molecule has 0 spiro atoms. The van der Waals surface area contributed by atoms with Crippen LogP contribution in [0.2, 0.25) is 0 Å². The molecule has 1 fully saturated rings. The Labute approximate surface area is 123 Å². The van der Waals surface area contributed by atoms with E-state index in [1.807, 2.05) is 4.90 Å². The minimum atomic E-state index is -0.360. The molecule has 2 heterocycles. The summed E-state index contributed by atoms with van der Waals surface area (Å²) < 4.78 is 2.47. The maximum Gasteiger partial charge on any atom is 0.330 e. The first-order chi connectivity index (χ1) is 10.0. The van der Waals surface area contributed by atoms with Crippen LogP contribution in [0.4, 0.5) is 0 Å². The van der Waals surface area contributed by atoms with E-state index in [4.69, 9.17) is 0 Å². The molecule has 0 aliphatic carbocycles. The van der Waals surface area contributed by atoms with Gasteiger partial charge in [0, 0.05) is 45.5 Å². The highest BCUT2D eigenvalue weighted by atomic mass is 16.2. The summed E-state index contributed by atoms with van der Waals surface area (Å²) in [6.07, 6.45) is 3.32. The van der Waals surface area contributed by atoms with Gasteiger partial charge in [-0.05, 0) is 19.3 Å². The van der Waals surface area contributed by atoms with E-state index in [1.165, 1.54) is 24.1 Å². The Hall–Kier alpha value is -1.89. The third kappa shape index (κ3) is 3.60. The largest absolute Gasteiger partial charge is 0.342 e. The van der Waals surface area contributed by atoms with Crippen LogP contribution >= 0.6 is 0 Å². The van der Waals surface area contributed by atoms with E-state index in [0.29, 0.717) is 12.2 Å². The van der Waals surface area contributed by atoms with Gasteiger partial charge in [-0.3, -0.25) is 18.7 Å². The van der Waals surface area contributed by atoms with Crippen LogP contribution < -0.4 is 16.6 Å². The van der Waals surface area contributed by atoms with Gasteiger partial charge < -0.3 is 10.2 Å². The van der Waals surface area contributed by atoms with Crippen LogP contribution in [0.1, 0.15) is 25.0 Å². The van der Waals surface area contributed by atoms with Crippen LogP contribution in [0.15, 0.2) is 15.7 Å². The molecule has 1 aliphatic rings. The Bertz CT molecular complexity index is 626. The Morgan fingerprint density at radius 2 is 1.81 bits per heavy atom. The Kier molecular flexibility index (Phi) is 4.95. The summed E-state index contributed by atoms with van der Waals surface area (Å²) in [6, 6.07) is 1.42. The SMILES string of the molecule is Cn1c(CNCC(=O)N2CCCCC2)cc(=O)n(C)c1=O. The number of hydrogen-bond acceptors (Lipinski definition) is 4. The molecule has 1 aliphatic heterocycles. The number of carbonyl (C=O) groups is 1. The lowest BCUT2D eigenvalue weighted by atomic mass is 10.1. The van der Waals surface area contributed by atoms with E-state index in [2.05, 4.69) is 5.32 Å². The lowest BCUT2D eigenvalue weighted by Gasteiger charge is -2.26. The average molecular weight is 294 g/mol. The zero-order valence-electron chi connectivity index (χ0n) is 12.6. The molecular formula is C14H22N4O3. The molecule has 0 radical (unpaired) electrons. The van der Waals surface area contributed by atoms with Gasteiger partial charge in [0.05, 0.1) is 6.54 Å². The van der Waals surface area contributed by atoms with Gasteiger partial charge in [0.25, 0.3) is 5.56 Å². The Morgan fingerprint density at radius 3 is 2.48 bits per heavy atom. The molecule has 1 N–H and O–H groups in total. The number of rotatable bonds is 4. The van der Waals surface area contributed by atoms with Crippen LogP contribution in [-0.4, -0.2) is 39.6 Å². The van der Waals surface area contributed by atoms with Gasteiger partial charge in [0.1, 0.15) is 0 Å². The van der Waals surface area contributed by atoms with Gasteiger partial charge in [-0.2, -0.15) is 0 Å². The molecular weight excluding hydrogens is 272 g/mol. The first-order valence-electron chi connectivity index (χ1n) is 7.25. The van der Waals surface area contributed by atoms with E-state index in [9.17, 15) is 14.4 Å². The summed E-state index contributed by atoms with van der Waals surface area (Å²) in [4.78, 5) is 37.2. The zero-order chi connectivity index (χ0) is 15.4. The maximum absolute atomic E-state index is 12.0. The number of nitrogens with one attached hydrogen (secondary N) is 1. The second-order valence-corrected chi connectivity index (χ2v) is 5.42. The number of piperidine rings is 1. The number of amides is 1. The number of nitrogens with zero attached hydrogens (tertiary/aromatic N) is 3. The van der Waals surface area contributed by atoms with Crippen LogP contribution in [0, 0.1) is 0 Å². The van der Waals surface area contributed by atoms with Crippen LogP contribution in [0.5, 0.6) is 0 Å². The van der Waals surface area contributed by atoms with E-state index in [0.717, 1.165) is 30.5 Å². The summed E-state index contributed by atoms with van der Waals surface area (Å²) in [5.41, 5.74) is -0.117. The molecule has 1 aromatic rings. The van der Waals surface area contributed by atoms with E-state index in [1.54, 1.807) is 7.05 Å².